The summed E-state index contributed by atoms with van der Waals surface area (Å²) in [5, 5.41) is 22.3. The van der Waals surface area contributed by atoms with Gasteiger partial charge in [0.1, 0.15) is 0 Å². The van der Waals surface area contributed by atoms with E-state index in [0.717, 1.165) is 32.1 Å². The molecule has 0 aromatic rings. The van der Waals surface area contributed by atoms with E-state index >= 15 is 0 Å². The van der Waals surface area contributed by atoms with Gasteiger partial charge in [-0.2, -0.15) is 0 Å². The second-order valence-corrected chi connectivity index (χ2v) is 12.9. The number of aliphatic hydroxyl groups excluding tert-OH is 2. The Bertz CT molecular complexity index is 712. The molecule has 11 atom stereocenters. The number of hydrogen-bond donors (Lipinski definition) is 2. The fraction of sp³-hybridized carbons (Fsp3) is 0.964. The molecule has 4 aliphatic rings. The minimum absolute atomic E-state index is 0.187. The van der Waals surface area contributed by atoms with Gasteiger partial charge < -0.3 is 19.8 Å². The average Bonchev–Trinajstić information content (AvgIpc) is 3.12. The molecule has 0 aromatic carbocycles. The standard InChI is InChI=1S/C28H49NO4/c1-7-19-23-16-18(30)10-13-28(23,4)22-11-14-27(3)20(8-9-21(27)24(22)25(19)31)17(2)12-15-33-26(32)29(5)6/h17-25,30-31H,7-16H2,1-6H3/t17-,18-,19-,20-,21+,22+,23?,24+,25-,27-,28-/m1/s1. The van der Waals surface area contributed by atoms with Crippen molar-refractivity contribution in [1.82, 2.24) is 4.90 Å². The highest BCUT2D eigenvalue weighted by molar-refractivity contribution is 5.66. The molecule has 0 aliphatic heterocycles. The van der Waals surface area contributed by atoms with Gasteiger partial charge in [0, 0.05) is 14.1 Å². The molecule has 4 aliphatic carbocycles. The Balaban J connectivity index is 1.52. The largest absolute Gasteiger partial charge is 0.449 e. The van der Waals surface area contributed by atoms with E-state index in [4.69, 9.17) is 4.74 Å². The Morgan fingerprint density at radius 1 is 1.03 bits per heavy atom. The molecule has 1 unspecified atom stereocenters. The minimum atomic E-state index is -0.255. The highest BCUT2D eigenvalue weighted by atomic mass is 16.6. The summed E-state index contributed by atoms with van der Waals surface area (Å²) in [6, 6.07) is 0. The van der Waals surface area contributed by atoms with Crippen molar-refractivity contribution < 1.29 is 19.7 Å². The van der Waals surface area contributed by atoms with Crippen molar-refractivity contribution >= 4 is 6.09 Å². The lowest BCUT2D eigenvalue weighted by molar-refractivity contribution is -0.203. The van der Waals surface area contributed by atoms with E-state index in [1.54, 1.807) is 14.1 Å². The van der Waals surface area contributed by atoms with Crippen molar-refractivity contribution in [1.29, 1.82) is 0 Å². The first-order chi connectivity index (χ1) is 15.5. The Labute approximate surface area is 201 Å². The highest BCUT2D eigenvalue weighted by Crippen LogP contribution is 2.69. The molecule has 190 valence electrons. The monoisotopic (exact) mass is 463 g/mol. The summed E-state index contributed by atoms with van der Waals surface area (Å²) < 4.78 is 5.44. The van der Waals surface area contributed by atoms with Gasteiger partial charge >= 0.3 is 6.09 Å². The molecule has 5 heteroatoms. The van der Waals surface area contributed by atoms with E-state index in [2.05, 4.69) is 27.7 Å². The second-order valence-electron chi connectivity index (χ2n) is 12.9. The number of ether oxygens (including phenoxy) is 1. The quantitative estimate of drug-likeness (QED) is 0.578. The second kappa shape index (κ2) is 9.33. The molecule has 2 N–H and O–H groups in total. The van der Waals surface area contributed by atoms with Crippen molar-refractivity contribution in [3.05, 3.63) is 0 Å². The third kappa shape index (κ3) is 4.13. The summed E-state index contributed by atoms with van der Waals surface area (Å²) in [4.78, 5) is 13.3. The molecule has 0 heterocycles. The van der Waals surface area contributed by atoms with Crippen molar-refractivity contribution in [3.63, 3.8) is 0 Å². The number of carbonyl (C=O) groups excluding carboxylic acids is 1. The molecular formula is C28H49NO4. The number of hydrogen-bond acceptors (Lipinski definition) is 4. The highest BCUT2D eigenvalue weighted by Gasteiger charge is 2.64. The average molecular weight is 464 g/mol. The number of rotatable bonds is 5. The Morgan fingerprint density at radius 3 is 2.36 bits per heavy atom. The summed E-state index contributed by atoms with van der Waals surface area (Å²) in [5.74, 6) is 3.48. The summed E-state index contributed by atoms with van der Waals surface area (Å²) in [6.07, 6.45) is 9.09. The zero-order valence-corrected chi connectivity index (χ0v) is 21.9. The zero-order valence-electron chi connectivity index (χ0n) is 21.9. The van der Waals surface area contributed by atoms with Crippen LogP contribution in [0.25, 0.3) is 0 Å². The topological polar surface area (TPSA) is 70.0 Å². The van der Waals surface area contributed by atoms with Gasteiger partial charge in [0.05, 0.1) is 18.8 Å². The molecule has 0 spiro atoms. The van der Waals surface area contributed by atoms with Crippen molar-refractivity contribution in [2.45, 2.75) is 97.7 Å². The summed E-state index contributed by atoms with van der Waals surface area (Å²) in [6.45, 7) is 10.1. The Hall–Kier alpha value is -0.810. The zero-order chi connectivity index (χ0) is 24.1. The van der Waals surface area contributed by atoms with E-state index in [0.29, 0.717) is 48.0 Å². The first-order valence-corrected chi connectivity index (χ1v) is 13.7. The molecule has 0 bridgehead atoms. The van der Waals surface area contributed by atoms with Crippen molar-refractivity contribution in [2.75, 3.05) is 20.7 Å². The lowest BCUT2D eigenvalue weighted by Crippen LogP contribution is -2.62. The van der Waals surface area contributed by atoms with Gasteiger partial charge in [-0.05, 0) is 104 Å². The minimum Gasteiger partial charge on any atom is -0.449 e. The molecule has 4 rings (SSSR count). The van der Waals surface area contributed by atoms with E-state index < -0.39 is 0 Å². The molecule has 0 aromatic heterocycles. The van der Waals surface area contributed by atoms with Gasteiger partial charge in [0.15, 0.2) is 0 Å². The van der Waals surface area contributed by atoms with Gasteiger partial charge in [-0.3, -0.25) is 0 Å². The lowest BCUT2D eigenvalue weighted by Gasteiger charge is -2.64. The molecule has 33 heavy (non-hydrogen) atoms. The molecule has 4 saturated carbocycles. The fourth-order valence-electron chi connectivity index (χ4n) is 9.59. The van der Waals surface area contributed by atoms with Crippen LogP contribution >= 0.6 is 0 Å². The predicted octanol–water partition coefficient (Wildman–Crippen LogP) is 5.34. The van der Waals surface area contributed by atoms with Crippen LogP contribution in [0, 0.1) is 52.3 Å². The smallest absolute Gasteiger partial charge is 0.409 e. The fourth-order valence-corrected chi connectivity index (χ4v) is 9.59. The Morgan fingerprint density at radius 2 is 1.70 bits per heavy atom. The van der Waals surface area contributed by atoms with Gasteiger partial charge in [0.25, 0.3) is 0 Å². The predicted molar refractivity (Wildman–Crippen MR) is 131 cm³/mol. The number of aliphatic hydroxyl groups is 2. The van der Waals surface area contributed by atoms with Gasteiger partial charge in [0.2, 0.25) is 0 Å². The van der Waals surface area contributed by atoms with Crippen LogP contribution < -0.4 is 0 Å². The van der Waals surface area contributed by atoms with Crippen LogP contribution in [0.4, 0.5) is 4.79 Å². The molecule has 4 fully saturated rings. The SMILES string of the molecule is CC[C@@H]1C2C[C@H](O)CC[C@]2(C)[C@H]2CC[C@]3(C)[C@@H]([C@H](C)CCOC(=O)N(C)C)CC[C@H]3[C@@H]2[C@@H]1O. The van der Waals surface area contributed by atoms with Crippen LogP contribution in [0.2, 0.25) is 0 Å². The van der Waals surface area contributed by atoms with Crippen molar-refractivity contribution in [3.8, 4) is 0 Å². The van der Waals surface area contributed by atoms with Crippen LogP contribution in [0.1, 0.15) is 85.5 Å². The molecule has 5 nitrogen and oxygen atoms in total. The van der Waals surface area contributed by atoms with Gasteiger partial charge in [-0.25, -0.2) is 4.79 Å². The number of amides is 1. The molecular weight excluding hydrogens is 414 g/mol. The number of carbonyl (C=O) groups is 1. The summed E-state index contributed by atoms with van der Waals surface area (Å²) >= 11 is 0. The normalized spacial score (nSPS) is 47.8. The summed E-state index contributed by atoms with van der Waals surface area (Å²) in [5.41, 5.74) is 0.526. The van der Waals surface area contributed by atoms with Gasteiger partial charge in [-0.15, -0.1) is 0 Å². The van der Waals surface area contributed by atoms with Crippen LogP contribution in [0.5, 0.6) is 0 Å². The number of fused-ring (bicyclic) bond motifs is 5. The maximum absolute atomic E-state index is 11.8. The van der Waals surface area contributed by atoms with E-state index in [1.807, 2.05) is 0 Å². The Kier molecular flexibility index (Phi) is 7.15. The number of nitrogens with zero attached hydrogens (tertiary/aromatic N) is 1. The first kappa shape index (κ1) is 25.3. The first-order valence-electron chi connectivity index (χ1n) is 13.7. The lowest BCUT2D eigenvalue weighted by atomic mass is 9.41. The third-order valence-corrected chi connectivity index (χ3v) is 11.3. The summed E-state index contributed by atoms with van der Waals surface area (Å²) in [7, 11) is 3.45. The third-order valence-electron chi connectivity index (χ3n) is 11.3. The van der Waals surface area contributed by atoms with Gasteiger partial charge in [-0.1, -0.05) is 34.1 Å². The maximum atomic E-state index is 11.8. The van der Waals surface area contributed by atoms with Crippen molar-refractivity contribution in [2.24, 2.45) is 52.3 Å². The molecule has 1 amide bonds. The molecule has 0 radical (unpaired) electrons. The van der Waals surface area contributed by atoms with Crippen LogP contribution in [0.3, 0.4) is 0 Å². The van der Waals surface area contributed by atoms with Crippen LogP contribution in [0.15, 0.2) is 0 Å². The van der Waals surface area contributed by atoms with E-state index in [9.17, 15) is 15.0 Å². The maximum Gasteiger partial charge on any atom is 0.409 e. The van der Waals surface area contributed by atoms with Crippen LogP contribution in [-0.2, 0) is 4.74 Å². The van der Waals surface area contributed by atoms with Crippen LogP contribution in [-0.4, -0.2) is 54.1 Å². The molecule has 0 saturated heterocycles. The van der Waals surface area contributed by atoms with E-state index in [1.165, 1.54) is 30.6 Å². The van der Waals surface area contributed by atoms with E-state index in [-0.39, 0.29) is 29.1 Å².